The number of benzene rings is 7. The first kappa shape index (κ1) is 26.8. The van der Waals surface area contributed by atoms with Gasteiger partial charge in [-0.05, 0) is 49.9 Å². The summed E-state index contributed by atoms with van der Waals surface area (Å²) >= 11 is 0. The lowest BCUT2D eigenvalue weighted by Crippen LogP contribution is -2.55. The normalized spacial score (nSPS) is 11.6. The van der Waals surface area contributed by atoms with Crippen LogP contribution < -0.4 is 27.3 Å². The summed E-state index contributed by atoms with van der Waals surface area (Å²) in [5.74, 6) is 0. The largest absolute Gasteiger partial charge is 0.455 e. The first-order valence-electron chi connectivity index (χ1n) is 15.5. The summed E-state index contributed by atoms with van der Waals surface area (Å²) < 4.78 is 6.55. The minimum atomic E-state index is 0.921. The Labute approximate surface area is 262 Å². The Balaban J connectivity index is 1.39. The molecule has 0 amide bonds. The molecule has 0 aliphatic rings. The molecule has 0 fully saturated rings. The lowest BCUT2D eigenvalue weighted by molar-refractivity contribution is 0.670. The van der Waals surface area contributed by atoms with Gasteiger partial charge >= 0.3 is 0 Å². The van der Waals surface area contributed by atoms with E-state index in [1.807, 2.05) is 6.07 Å². The van der Waals surface area contributed by atoms with Crippen molar-refractivity contribution in [2.75, 3.05) is 0 Å². The maximum atomic E-state index is 6.55. The Morgan fingerprint density at radius 3 is 1.34 bits per heavy atom. The molecule has 0 spiro atoms. The van der Waals surface area contributed by atoms with Crippen LogP contribution in [-0.2, 0) is 0 Å². The van der Waals surface area contributed by atoms with E-state index in [1.165, 1.54) is 76.7 Å². The van der Waals surface area contributed by atoms with Gasteiger partial charge in [-0.1, -0.05) is 120 Å². The van der Waals surface area contributed by atoms with Crippen LogP contribution in [0.1, 0.15) is 0 Å². The fourth-order valence-corrected chi connectivity index (χ4v) is 7.41. The van der Waals surface area contributed by atoms with E-state index in [0.717, 1.165) is 27.5 Å². The second kappa shape index (κ2) is 10.1. The summed E-state index contributed by atoms with van der Waals surface area (Å²) in [5.41, 5.74) is 16.3. The van der Waals surface area contributed by atoms with Gasteiger partial charge in [0.2, 0.25) is 0 Å². The highest BCUT2D eigenvalue weighted by molar-refractivity contribution is 6.68. The predicted molar refractivity (Wildman–Crippen MR) is 206 cm³/mol. The monoisotopic (exact) mass is 556 g/mol. The Kier molecular flexibility index (Phi) is 6.17. The van der Waals surface area contributed by atoms with Crippen LogP contribution in [0.2, 0.25) is 0 Å². The van der Waals surface area contributed by atoms with Crippen LogP contribution in [0.25, 0.3) is 76.9 Å². The quantitative estimate of drug-likeness (QED) is 0.241. The summed E-state index contributed by atoms with van der Waals surface area (Å²) in [5, 5.41) is 7.26. The summed E-state index contributed by atoms with van der Waals surface area (Å²) in [6.07, 6.45) is 0. The zero-order valence-electron chi connectivity index (χ0n) is 25.9. The van der Waals surface area contributed by atoms with Crippen LogP contribution >= 0.6 is 0 Å². The summed E-state index contributed by atoms with van der Waals surface area (Å²) in [6, 6.07) is 41.8. The van der Waals surface area contributed by atoms with Gasteiger partial charge in [-0.2, -0.15) is 0 Å². The molecule has 0 aliphatic heterocycles. The molecule has 0 atom stereocenters. The third kappa shape index (κ3) is 3.87. The molecule has 1 aromatic heterocycles. The van der Waals surface area contributed by atoms with E-state index in [4.69, 9.17) is 4.42 Å². The number of rotatable bonds is 3. The van der Waals surface area contributed by atoms with E-state index >= 15 is 0 Å². The fourth-order valence-electron chi connectivity index (χ4n) is 7.41. The highest BCUT2D eigenvalue weighted by Gasteiger charge is 2.20. The van der Waals surface area contributed by atoms with E-state index in [1.54, 1.807) is 0 Å². The van der Waals surface area contributed by atoms with Crippen molar-refractivity contribution < 1.29 is 4.42 Å². The molecule has 0 radical (unpaired) electrons. The van der Waals surface area contributed by atoms with Crippen molar-refractivity contribution in [2.24, 2.45) is 0 Å². The third-order valence-electron chi connectivity index (χ3n) is 10.1. The number of furan rings is 1. The van der Waals surface area contributed by atoms with Gasteiger partial charge in [0, 0.05) is 21.9 Å². The van der Waals surface area contributed by atoms with Crippen molar-refractivity contribution in [1.29, 1.82) is 0 Å². The SMILES string of the molecule is Bc1c(B)c(B)c(-c2ccc(-c3c4ccccc4c(-c4cccc5c4oc4ccccc45)c4ccccc34)cc2)c(B)c1B. The van der Waals surface area contributed by atoms with Crippen molar-refractivity contribution in [2.45, 2.75) is 0 Å². The molecule has 0 saturated carbocycles. The number of hydrogen-bond donors (Lipinski definition) is 0. The molecule has 44 heavy (non-hydrogen) atoms. The summed E-state index contributed by atoms with van der Waals surface area (Å²) in [6.45, 7) is 0. The molecule has 1 nitrogen and oxygen atoms in total. The van der Waals surface area contributed by atoms with E-state index in [2.05, 4.69) is 148 Å². The molecule has 0 saturated heterocycles. The Bertz CT molecular complexity index is 2350. The van der Waals surface area contributed by atoms with E-state index in [9.17, 15) is 0 Å². The summed E-state index contributed by atoms with van der Waals surface area (Å²) in [7, 11) is 11.3. The highest BCUT2D eigenvalue weighted by atomic mass is 16.3. The number of para-hydroxylation sites is 2. The van der Waals surface area contributed by atoms with Crippen molar-refractivity contribution >= 4 is 110 Å². The van der Waals surface area contributed by atoms with E-state index in [-0.39, 0.29) is 0 Å². The van der Waals surface area contributed by atoms with Gasteiger partial charge < -0.3 is 4.42 Å². The average Bonchev–Trinajstić information content (AvgIpc) is 3.45. The second-order valence-corrected chi connectivity index (χ2v) is 12.2. The van der Waals surface area contributed by atoms with E-state index < -0.39 is 0 Å². The minimum absolute atomic E-state index is 0.921. The second-order valence-electron chi connectivity index (χ2n) is 12.2. The molecular formula is C38H29B5O. The van der Waals surface area contributed by atoms with Crippen LogP contribution in [-0.4, -0.2) is 39.2 Å². The van der Waals surface area contributed by atoms with Gasteiger partial charge in [-0.3, -0.25) is 0 Å². The van der Waals surface area contributed by atoms with Crippen molar-refractivity contribution in [1.82, 2.24) is 0 Å². The van der Waals surface area contributed by atoms with Crippen LogP contribution in [0.5, 0.6) is 0 Å². The first-order chi connectivity index (χ1) is 21.4. The zero-order chi connectivity index (χ0) is 30.1. The molecule has 202 valence electrons. The van der Waals surface area contributed by atoms with Gasteiger partial charge in [-0.25, -0.2) is 0 Å². The molecule has 8 rings (SSSR count). The van der Waals surface area contributed by atoms with Gasteiger partial charge in [0.05, 0.1) is 0 Å². The molecule has 8 aromatic rings. The van der Waals surface area contributed by atoms with Gasteiger partial charge in [0.15, 0.2) is 0 Å². The molecule has 1 heterocycles. The molecule has 0 N–H and O–H groups in total. The molecule has 0 bridgehead atoms. The zero-order valence-corrected chi connectivity index (χ0v) is 25.9. The topological polar surface area (TPSA) is 13.1 Å². The molecule has 7 aromatic carbocycles. The molecule has 0 aliphatic carbocycles. The van der Waals surface area contributed by atoms with Crippen LogP contribution in [0.4, 0.5) is 0 Å². The predicted octanol–water partition coefficient (Wildman–Crippen LogP) is 2.19. The third-order valence-corrected chi connectivity index (χ3v) is 10.1. The maximum Gasteiger partial charge on any atom is 0.143 e. The van der Waals surface area contributed by atoms with E-state index in [0.29, 0.717) is 0 Å². The van der Waals surface area contributed by atoms with Crippen molar-refractivity contribution in [3.63, 3.8) is 0 Å². The standard InChI is InChI=1S/C38H29B5O/c39-33-31(34(40)36(42)37(43)35(33)41)21-18-16-20(17-19-21)30-23-9-1-3-11-25(23)32(26-12-4-2-10-24(26)30)28-14-7-13-27-22-8-5-6-15-29(22)44-38(27)28/h1-19H,39-43H2. The van der Waals surface area contributed by atoms with Crippen molar-refractivity contribution in [3.05, 3.63) is 115 Å². The number of fused-ring (bicyclic) bond motifs is 5. The van der Waals surface area contributed by atoms with Gasteiger partial charge in [0.25, 0.3) is 0 Å². The molecule has 0 unspecified atom stereocenters. The lowest BCUT2D eigenvalue weighted by Gasteiger charge is -2.21. The first-order valence-corrected chi connectivity index (χ1v) is 15.5. The smallest absolute Gasteiger partial charge is 0.143 e. The molecular weight excluding hydrogens is 526 g/mol. The fraction of sp³-hybridized carbons (Fsp3) is 0. The van der Waals surface area contributed by atoms with Gasteiger partial charge in [-0.15, -0.1) is 16.4 Å². The minimum Gasteiger partial charge on any atom is -0.455 e. The van der Waals surface area contributed by atoms with Gasteiger partial charge in [0.1, 0.15) is 50.4 Å². The van der Waals surface area contributed by atoms with Crippen molar-refractivity contribution in [3.8, 4) is 33.4 Å². The highest BCUT2D eigenvalue weighted by Crippen LogP contribution is 2.46. The van der Waals surface area contributed by atoms with Crippen LogP contribution in [0, 0.1) is 0 Å². The average molecular weight is 556 g/mol. The Morgan fingerprint density at radius 1 is 0.341 bits per heavy atom. The lowest BCUT2D eigenvalue weighted by atomic mass is 9.59. The molecule has 6 heteroatoms. The van der Waals surface area contributed by atoms with Crippen LogP contribution in [0.15, 0.2) is 120 Å². The Hall–Kier alpha value is -4.82. The number of hydrogen-bond acceptors (Lipinski definition) is 1. The Morgan fingerprint density at radius 2 is 0.773 bits per heavy atom. The van der Waals surface area contributed by atoms with Crippen LogP contribution in [0.3, 0.4) is 0 Å². The maximum absolute atomic E-state index is 6.55. The summed E-state index contributed by atoms with van der Waals surface area (Å²) in [4.78, 5) is 0.